The predicted octanol–water partition coefficient (Wildman–Crippen LogP) is 3.36. The molecular weight excluding hydrogens is 358 g/mol. The molecule has 0 aliphatic heterocycles. The molecule has 0 spiro atoms. The smallest absolute Gasteiger partial charge is 0.361 e. The number of esters is 1. The van der Waals surface area contributed by atoms with Gasteiger partial charge in [0.25, 0.3) is 5.91 Å². The summed E-state index contributed by atoms with van der Waals surface area (Å²) in [7, 11) is 0. The van der Waals surface area contributed by atoms with Gasteiger partial charge < -0.3 is 9.15 Å². The number of aryl methyl sites for hydroxylation is 1. The summed E-state index contributed by atoms with van der Waals surface area (Å²) in [6, 6.07) is 19.8. The van der Waals surface area contributed by atoms with Gasteiger partial charge in [0, 0.05) is 11.3 Å². The van der Waals surface area contributed by atoms with Gasteiger partial charge >= 0.3 is 5.97 Å². The van der Waals surface area contributed by atoms with E-state index in [1.165, 1.54) is 4.90 Å². The lowest BCUT2D eigenvalue weighted by Gasteiger charge is -2.19. The Bertz CT molecular complexity index is 1010. The molecule has 7 nitrogen and oxygen atoms in total. The summed E-state index contributed by atoms with van der Waals surface area (Å²) in [6.45, 7) is 0.938. The van der Waals surface area contributed by atoms with E-state index in [0.29, 0.717) is 17.3 Å². The molecule has 7 heteroatoms. The molecule has 0 unspecified atom stereocenters. The Morgan fingerprint density at radius 2 is 1.75 bits per heavy atom. The maximum atomic E-state index is 12.4. The highest BCUT2D eigenvalue weighted by Crippen LogP contribution is 2.22. The van der Waals surface area contributed by atoms with Crippen LogP contribution >= 0.6 is 0 Å². The molecule has 0 bridgehead atoms. The van der Waals surface area contributed by atoms with E-state index >= 15 is 0 Å². The fourth-order valence-electron chi connectivity index (χ4n) is 2.57. The van der Waals surface area contributed by atoms with Crippen molar-refractivity contribution in [1.82, 2.24) is 4.98 Å². The van der Waals surface area contributed by atoms with E-state index < -0.39 is 18.5 Å². The number of hydrogen-bond donors (Lipinski definition) is 0. The zero-order valence-corrected chi connectivity index (χ0v) is 15.2. The first kappa shape index (κ1) is 18.9. The third-order valence-corrected chi connectivity index (χ3v) is 3.94. The zero-order chi connectivity index (χ0) is 19.9. The number of para-hydroxylation sites is 1. The molecule has 1 amide bonds. The van der Waals surface area contributed by atoms with E-state index in [1.54, 1.807) is 37.3 Å². The van der Waals surface area contributed by atoms with Crippen molar-refractivity contribution in [3.05, 3.63) is 72.1 Å². The molecule has 0 saturated heterocycles. The fourth-order valence-corrected chi connectivity index (χ4v) is 2.57. The van der Waals surface area contributed by atoms with Gasteiger partial charge in [0.1, 0.15) is 12.3 Å². The standard InChI is InChI=1S/C21H17N3O4/c1-15-19(23-20(28-15)16-8-4-2-5-9-16)21(26)27-14-18(25)24(13-12-22)17-10-6-3-7-11-17/h2-11H,13-14H2,1H3. The number of hydrogen-bond acceptors (Lipinski definition) is 6. The maximum absolute atomic E-state index is 12.4. The van der Waals surface area contributed by atoms with Crippen LogP contribution in [0.15, 0.2) is 65.1 Å². The summed E-state index contributed by atoms with van der Waals surface area (Å²) < 4.78 is 10.6. The normalized spacial score (nSPS) is 10.1. The van der Waals surface area contributed by atoms with Crippen molar-refractivity contribution in [2.75, 3.05) is 18.1 Å². The summed E-state index contributed by atoms with van der Waals surface area (Å²) in [4.78, 5) is 30.2. The first-order chi connectivity index (χ1) is 13.6. The van der Waals surface area contributed by atoms with Gasteiger partial charge in [0.05, 0.1) is 6.07 Å². The van der Waals surface area contributed by atoms with Gasteiger partial charge in [0.15, 0.2) is 12.3 Å². The second-order valence-corrected chi connectivity index (χ2v) is 5.84. The number of nitriles is 1. The lowest BCUT2D eigenvalue weighted by Crippen LogP contribution is -2.35. The SMILES string of the molecule is Cc1oc(-c2ccccc2)nc1C(=O)OCC(=O)N(CC#N)c1ccccc1. The van der Waals surface area contributed by atoms with E-state index in [2.05, 4.69) is 4.98 Å². The molecule has 3 rings (SSSR count). The van der Waals surface area contributed by atoms with Gasteiger partial charge in [0.2, 0.25) is 5.89 Å². The van der Waals surface area contributed by atoms with Crippen molar-refractivity contribution in [3.63, 3.8) is 0 Å². The van der Waals surface area contributed by atoms with Gasteiger partial charge in [-0.1, -0.05) is 36.4 Å². The monoisotopic (exact) mass is 375 g/mol. The van der Waals surface area contributed by atoms with Crippen LogP contribution in [0.2, 0.25) is 0 Å². The lowest BCUT2D eigenvalue weighted by molar-refractivity contribution is -0.121. The topological polar surface area (TPSA) is 96.4 Å². The highest BCUT2D eigenvalue weighted by atomic mass is 16.5. The van der Waals surface area contributed by atoms with Crippen LogP contribution in [0.1, 0.15) is 16.2 Å². The van der Waals surface area contributed by atoms with Crippen LogP contribution in [0.5, 0.6) is 0 Å². The molecule has 3 aromatic rings. The molecule has 0 N–H and O–H groups in total. The lowest BCUT2D eigenvalue weighted by atomic mass is 10.2. The van der Waals surface area contributed by atoms with Crippen LogP contribution in [0.25, 0.3) is 11.5 Å². The molecule has 0 atom stereocenters. The molecule has 2 aromatic carbocycles. The summed E-state index contributed by atoms with van der Waals surface area (Å²) in [5.74, 6) is -0.674. The van der Waals surface area contributed by atoms with Gasteiger partial charge in [-0.15, -0.1) is 0 Å². The first-order valence-corrected chi connectivity index (χ1v) is 8.52. The zero-order valence-electron chi connectivity index (χ0n) is 15.2. The molecule has 0 fully saturated rings. The Morgan fingerprint density at radius 1 is 1.11 bits per heavy atom. The van der Waals surface area contributed by atoms with Crippen molar-refractivity contribution in [2.24, 2.45) is 0 Å². The van der Waals surface area contributed by atoms with E-state index in [9.17, 15) is 9.59 Å². The molecule has 28 heavy (non-hydrogen) atoms. The summed E-state index contributed by atoms with van der Waals surface area (Å²) >= 11 is 0. The van der Waals surface area contributed by atoms with Gasteiger partial charge in [-0.25, -0.2) is 9.78 Å². The van der Waals surface area contributed by atoms with Crippen LogP contribution < -0.4 is 4.90 Å². The third-order valence-electron chi connectivity index (χ3n) is 3.94. The summed E-state index contributed by atoms with van der Waals surface area (Å²) in [5, 5.41) is 8.98. The molecule has 140 valence electrons. The van der Waals surface area contributed by atoms with Crippen LogP contribution in [-0.2, 0) is 9.53 Å². The average molecular weight is 375 g/mol. The highest BCUT2D eigenvalue weighted by molar-refractivity contribution is 5.97. The first-order valence-electron chi connectivity index (χ1n) is 8.52. The van der Waals surface area contributed by atoms with Crippen molar-refractivity contribution < 1.29 is 18.7 Å². The predicted molar refractivity (Wildman–Crippen MR) is 101 cm³/mol. The van der Waals surface area contributed by atoms with Crippen LogP contribution in [0.4, 0.5) is 5.69 Å². The van der Waals surface area contributed by atoms with E-state index in [4.69, 9.17) is 14.4 Å². The number of amides is 1. The van der Waals surface area contributed by atoms with E-state index in [0.717, 1.165) is 5.56 Å². The van der Waals surface area contributed by atoms with Crippen molar-refractivity contribution in [1.29, 1.82) is 5.26 Å². The van der Waals surface area contributed by atoms with E-state index in [-0.39, 0.29) is 12.2 Å². The number of aromatic nitrogens is 1. The second-order valence-electron chi connectivity index (χ2n) is 5.84. The largest absolute Gasteiger partial charge is 0.451 e. The number of rotatable bonds is 6. The molecule has 0 aliphatic rings. The van der Waals surface area contributed by atoms with E-state index in [1.807, 2.05) is 36.4 Å². The number of anilines is 1. The molecule has 1 heterocycles. The third kappa shape index (κ3) is 4.24. The average Bonchev–Trinajstić information content (AvgIpc) is 3.13. The Hall–Kier alpha value is -3.92. The minimum atomic E-state index is -0.762. The summed E-state index contributed by atoms with van der Waals surface area (Å²) in [6.07, 6.45) is 0. The number of carbonyl (C=O) groups excluding carboxylic acids is 2. The Labute approximate surface area is 161 Å². The molecule has 0 aliphatic carbocycles. The minimum Gasteiger partial charge on any atom is -0.451 e. The highest BCUT2D eigenvalue weighted by Gasteiger charge is 2.22. The van der Waals surface area contributed by atoms with Crippen molar-refractivity contribution in [2.45, 2.75) is 6.92 Å². The summed E-state index contributed by atoms with van der Waals surface area (Å²) in [5.41, 5.74) is 1.29. The van der Waals surface area contributed by atoms with Crippen LogP contribution in [0.3, 0.4) is 0 Å². The quantitative estimate of drug-likeness (QED) is 0.484. The minimum absolute atomic E-state index is 0.0122. The Balaban J connectivity index is 1.69. The molecular formula is C21H17N3O4. The number of benzene rings is 2. The second kappa shape index (κ2) is 8.64. The van der Waals surface area contributed by atoms with Gasteiger partial charge in [-0.3, -0.25) is 9.69 Å². The van der Waals surface area contributed by atoms with Crippen molar-refractivity contribution >= 4 is 17.6 Å². The fraction of sp³-hybridized carbons (Fsp3) is 0.143. The number of nitrogens with zero attached hydrogens (tertiary/aromatic N) is 3. The molecule has 0 saturated carbocycles. The van der Waals surface area contributed by atoms with Crippen LogP contribution in [0, 0.1) is 18.3 Å². The number of oxazole rings is 1. The number of ether oxygens (including phenoxy) is 1. The Kier molecular flexibility index (Phi) is 5.82. The van der Waals surface area contributed by atoms with Gasteiger partial charge in [-0.05, 0) is 31.2 Å². The van der Waals surface area contributed by atoms with Gasteiger partial charge in [-0.2, -0.15) is 5.26 Å². The van der Waals surface area contributed by atoms with Crippen LogP contribution in [-0.4, -0.2) is 30.0 Å². The Morgan fingerprint density at radius 3 is 2.39 bits per heavy atom. The number of carbonyl (C=O) groups is 2. The van der Waals surface area contributed by atoms with Crippen molar-refractivity contribution in [3.8, 4) is 17.5 Å². The molecule has 0 radical (unpaired) electrons. The maximum Gasteiger partial charge on any atom is 0.361 e. The molecule has 1 aromatic heterocycles.